The van der Waals surface area contributed by atoms with Crippen LogP contribution in [0.2, 0.25) is 0 Å². The van der Waals surface area contributed by atoms with Gasteiger partial charge in [0.25, 0.3) is 0 Å². The minimum Gasteiger partial charge on any atom is -0.396 e. The molecule has 0 saturated carbocycles. The van der Waals surface area contributed by atoms with Crippen LogP contribution in [0.25, 0.3) is 11.1 Å². The number of ketones is 1. The first kappa shape index (κ1) is 32.0. The number of carbonyl (C=O) groups excluding carboxylic acids is 1. The molecule has 0 aliphatic carbocycles. The van der Waals surface area contributed by atoms with Gasteiger partial charge in [0.1, 0.15) is 0 Å². The highest BCUT2D eigenvalue weighted by atomic mass is 16.3. The average molecular weight is 544 g/mol. The van der Waals surface area contributed by atoms with E-state index in [1.165, 1.54) is 29.7 Å². The standard InChI is InChI=1S/C37H53NO2/c1-8-12-15-36(40)34-23-29(17-16-27(34)7)28-18-19-33-30(22-28)24-35(31(20-21-39)25(5)11-4)38-37(33)32(14-10-3)26(6)13-9-2/h8,16-19,22-23,25-26,31-32,35,39H,1,9-15,20-21,24H2,2-7H3/t25-,26-,31?,32?,35?/m0/s1. The average Bonchev–Trinajstić information content (AvgIpc) is 2.96. The van der Waals surface area contributed by atoms with E-state index in [9.17, 15) is 9.90 Å². The Hall–Kier alpha value is -2.52. The summed E-state index contributed by atoms with van der Waals surface area (Å²) in [7, 11) is 0. The molecular formula is C37H53NO2. The molecule has 2 aromatic rings. The number of aryl methyl sites for hydroxylation is 1. The predicted molar refractivity (Wildman–Crippen MR) is 172 cm³/mol. The van der Waals surface area contributed by atoms with Gasteiger partial charge in [-0.1, -0.05) is 96.7 Å². The number of hydrogen-bond acceptors (Lipinski definition) is 3. The van der Waals surface area contributed by atoms with Crippen LogP contribution >= 0.6 is 0 Å². The van der Waals surface area contributed by atoms with Gasteiger partial charge in [0.05, 0.1) is 6.04 Å². The summed E-state index contributed by atoms with van der Waals surface area (Å²) >= 11 is 0. The molecule has 40 heavy (non-hydrogen) atoms. The highest BCUT2D eigenvalue weighted by Crippen LogP contribution is 2.38. The molecule has 1 aliphatic rings. The maximum Gasteiger partial charge on any atom is 0.163 e. The van der Waals surface area contributed by atoms with Crippen molar-refractivity contribution < 1.29 is 9.90 Å². The van der Waals surface area contributed by atoms with Crippen LogP contribution in [0.1, 0.15) is 113 Å². The van der Waals surface area contributed by atoms with Crippen LogP contribution in [0.3, 0.4) is 0 Å². The van der Waals surface area contributed by atoms with E-state index < -0.39 is 0 Å². The van der Waals surface area contributed by atoms with Crippen LogP contribution in [0.15, 0.2) is 54.0 Å². The maximum atomic E-state index is 12.9. The van der Waals surface area contributed by atoms with Crippen molar-refractivity contribution in [2.45, 2.75) is 105 Å². The second-order valence-electron chi connectivity index (χ2n) is 12.2. The van der Waals surface area contributed by atoms with Crippen molar-refractivity contribution in [3.8, 4) is 11.1 Å². The molecule has 3 nitrogen and oxygen atoms in total. The van der Waals surface area contributed by atoms with E-state index >= 15 is 0 Å². The van der Waals surface area contributed by atoms with Crippen molar-refractivity contribution in [2.75, 3.05) is 6.61 Å². The first-order valence-corrected chi connectivity index (χ1v) is 15.9. The third kappa shape index (κ3) is 7.60. The quantitative estimate of drug-likeness (QED) is 0.169. The SMILES string of the molecule is C=CCCC(=O)c1cc(-c2ccc3c(c2)CC(C(CCO)[C@@H](C)CC)N=C3C(CCC)[C@@H](C)CCC)ccc1C. The number of carbonyl (C=O) groups is 1. The van der Waals surface area contributed by atoms with E-state index in [0.29, 0.717) is 36.5 Å². The third-order valence-electron chi connectivity index (χ3n) is 9.28. The summed E-state index contributed by atoms with van der Waals surface area (Å²) in [6.07, 6.45) is 10.5. The summed E-state index contributed by atoms with van der Waals surface area (Å²) in [4.78, 5) is 18.5. The summed E-state index contributed by atoms with van der Waals surface area (Å²) in [5, 5.41) is 9.98. The number of Topliss-reactive ketones (excluding diaryl/α,β-unsaturated/α-hetero) is 1. The number of fused-ring (bicyclic) bond motifs is 1. The predicted octanol–water partition coefficient (Wildman–Crippen LogP) is 9.42. The Morgan fingerprint density at radius 1 is 1.02 bits per heavy atom. The number of hydrogen-bond donors (Lipinski definition) is 1. The molecule has 3 heteroatoms. The first-order chi connectivity index (χ1) is 19.3. The van der Waals surface area contributed by atoms with Crippen molar-refractivity contribution in [2.24, 2.45) is 28.7 Å². The van der Waals surface area contributed by atoms with Crippen molar-refractivity contribution >= 4 is 11.5 Å². The fourth-order valence-corrected chi connectivity index (χ4v) is 6.69. The lowest BCUT2D eigenvalue weighted by Gasteiger charge is -2.36. The first-order valence-electron chi connectivity index (χ1n) is 15.9. The minimum atomic E-state index is 0.180. The van der Waals surface area contributed by atoms with Crippen LogP contribution in [0.4, 0.5) is 0 Å². The Balaban J connectivity index is 2.11. The number of nitrogens with zero attached hydrogens (tertiary/aromatic N) is 1. The van der Waals surface area contributed by atoms with Gasteiger partial charge < -0.3 is 5.11 Å². The molecule has 0 bridgehead atoms. The smallest absolute Gasteiger partial charge is 0.163 e. The van der Waals surface area contributed by atoms with Gasteiger partial charge in [-0.25, -0.2) is 0 Å². The Morgan fingerprint density at radius 3 is 2.38 bits per heavy atom. The number of allylic oxidation sites excluding steroid dienone is 1. The van der Waals surface area contributed by atoms with Gasteiger partial charge >= 0.3 is 0 Å². The minimum absolute atomic E-state index is 0.180. The largest absolute Gasteiger partial charge is 0.396 e. The molecule has 218 valence electrons. The van der Waals surface area contributed by atoms with Gasteiger partial charge in [0.2, 0.25) is 0 Å². The van der Waals surface area contributed by atoms with Crippen LogP contribution in [-0.2, 0) is 6.42 Å². The number of aliphatic imine (C=N–C) groups is 1. The fraction of sp³-hybridized carbons (Fsp3) is 0.568. The van der Waals surface area contributed by atoms with E-state index in [4.69, 9.17) is 4.99 Å². The van der Waals surface area contributed by atoms with E-state index in [0.717, 1.165) is 54.4 Å². The van der Waals surface area contributed by atoms with E-state index in [2.05, 4.69) is 77.6 Å². The molecule has 0 aromatic heterocycles. The summed E-state index contributed by atoms with van der Waals surface area (Å²) < 4.78 is 0. The van der Waals surface area contributed by atoms with Crippen molar-refractivity contribution in [3.63, 3.8) is 0 Å². The number of aliphatic hydroxyl groups excluding tert-OH is 1. The van der Waals surface area contributed by atoms with Gasteiger partial charge in [-0.05, 0) is 84.2 Å². The van der Waals surface area contributed by atoms with Crippen LogP contribution in [0, 0.1) is 30.6 Å². The Kier molecular flexibility index (Phi) is 12.4. The molecule has 0 radical (unpaired) electrons. The van der Waals surface area contributed by atoms with Crippen LogP contribution in [-0.4, -0.2) is 29.3 Å². The molecule has 1 aliphatic heterocycles. The van der Waals surface area contributed by atoms with Crippen molar-refractivity contribution in [3.05, 3.63) is 71.3 Å². The summed E-state index contributed by atoms with van der Waals surface area (Å²) in [6.45, 7) is 17.6. The van der Waals surface area contributed by atoms with E-state index in [1.54, 1.807) is 0 Å². The van der Waals surface area contributed by atoms with Gasteiger partial charge in [-0.3, -0.25) is 9.79 Å². The van der Waals surface area contributed by atoms with Crippen molar-refractivity contribution in [1.29, 1.82) is 0 Å². The molecular weight excluding hydrogens is 490 g/mol. The fourth-order valence-electron chi connectivity index (χ4n) is 6.69. The summed E-state index contributed by atoms with van der Waals surface area (Å²) in [5.41, 5.74) is 8.05. The molecule has 0 amide bonds. The second kappa shape index (κ2) is 15.5. The molecule has 1 heterocycles. The molecule has 2 aromatic carbocycles. The Morgan fingerprint density at radius 2 is 1.73 bits per heavy atom. The Bertz CT molecular complexity index is 1160. The molecule has 5 atom stereocenters. The lowest BCUT2D eigenvalue weighted by molar-refractivity contribution is 0.0983. The molecule has 0 fully saturated rings. The highest BCUT2D eigenvalue weighted by Gasteiger charge is 2.34. The number of benzene rings is 2. The van der Waals surface area contributed by atoms with Gasteiger partial charge in [0.15, 0.2) is 5.78 Å². The second-order valence-corrected chi connectivity index (χ2v) is 12.2. The van der Waals surface area contributed by atoms with Crippen LogP contribution < -0.4 is 0 Å². The zero-order chi connectivity index (χ0) is 29.2. The number of rotatable bonds is 16. The van der Waals surface area contributed by atoms with Gasteiger partial charge in [-0.15, -0.1) is 6.58 Å². The zero-order valence-corrected chi connectivity index (χ0v) is 26.0. The normalized spacial score (nSPS) is 17.9. The van der Waals surface area contributed by atoms with E-state index in [-0.39, 0.29) is 18.4 Å². The molecule has 3 rings (SSSR count). The number of aliphatic hydroxyl groups is 1. The Labute approximate surface area is 244 Å². The lowest BCUT2D eigenvalue weighted by atomic mass is 9.74. The van der Waals surface area contributed by atoms with Gasteiger partial charge in [-0.2, -0.15) is 0 Å². The van der Waals surface area contributed by atoms with Crippen LogP contribution in [0.5, 0.6) is 0 Å². The zero-order valence-electron chi connectivity index (χ0n) is 26.0. The monoisotopic (exact) mass is 543 g/mol. The van der Waals surface area contributed by atoms with Crippen molar-refractivity contribution in [1.82, 2.24) is 0 Å². The molecule has 3 unspecified atom stereocenters. The third-order valence-corrected chi connectivity index (χ3v) is 9.28. The molecule has 1 N–H and O–H groups in total. The summed E-state index contributed by atoms with van der Waals surface area (Å²) in [6, 6.07) is 13.4. The topological polar surface area (TPSA) is 49.7 Å². The molecule has 0 spiro atoms. The van der Waals surface area contributed by atoms with E-state index in [1.807, 2.05) is 13.0 Å². The molecule has 0 saturated heterocycles. The van der Waals surface area contributed by atoms with Gasteiger partial charge in [0, 0.05) is 30.2 Å². The maximum absolute atomic E-state index is 12.9. The lowest BCUT2D eigenvalue weighted by Crippen LogP contribution is -2.35. The summed E-state index contributed by atoms with van der Waals surface area (Å²) in [5.74, 6) is 2.07. The highest BCUT2D eigenvalue weighted by molar-refractivity contribution is 6.05.